The third kappa shape index (κ3) is 4.32. The van der Waals surface area contributed by atoms with Gasteiger partial charge in [-0.25, -0.2) is 4.79 Å². The fraction of sp³-hybridized carbons (Fsp3) is 0.800. The number of ether oxygens (including phenoxy) is 3. The molecule has 1 saturated heterocycles. The van der Waals surface area contributed by atoms with Crippen LogP contribution in [-0.2, 0) is 19.0 Å². The summed E-state index contributed by atoms with van der Waals surface area (Å²) in [5.74, 6) is -0.864. The molecule has 4 heteroatoms. The fourth-order valence-corrected chi connectivity index (χ4v) is 2.67. The van der Waals surface area contributed by atoms with E-state index in [0.29, 0.717) is 0 Å². The number of esters is 1. The van der Waals surface area contributed by atoms with E-state index in [1.165, 1.54) is 6.08 Å². The standard InChI is InChI=1S/C15H24O4/c1-11-7-5-4-6-8-12-13(9-10-14(16)17-11)19-15(2,3)18-12/h9-13H,4-8H2,1-3H3/b10-9+/t11-,12-,13-/m0/s1. The molecule has 0 bridgehead atoms. The lowest BCUT2D eigenvalue weighted by atomic mass is 10.0. The van der Waals surface area contributed by atoms with Crippen molar-refractivity contribution in [3.8, 4) is 0 Å². The Morgan fingerprint density at radius 1 is 1.16 bits per heavy atom. The van der Waals surface area contributed by atoms with Gasteiger partial charge in [0.1, 0.15) is 6.10 Å². The van der Waals surface area contributed by atoms with Gasteiger partial charge in [-0.2, -0.15) is 0 Å². The Balaban J connectivity index is 2.05. The maximum atomic E-state index is 11.7. The summed E-state index contributed by atoms with van der Waals surface area (Å²) in [4.78, 5) is 11.7. The molecule has 3 atom stereocenters. The van der Waals surface area contributed by atoms with E-state index in [9.17, 15) is 4.79 Å². The summed E-state index contributed by atoms with van der Waals surface area (Å²) in [5, 5.41) is 0. The largest absolute Gasteiger partial charge is 0.460 e. The summed E-state index contributed by atoms with van der Waals surface area (Å²) < 4.78 is 17.0. The molecule has 19 heavy (non-hydrogen) atoms. The van der Waals surface area contributed by atoms with Gasteiger partial charge in [-0.3, -0.25) is 0 Å². The maximum absolute atomic E-state index is 11.7. The van der Waals surface area contributed by atoms with Crippen LogP contribution >= 0.6 is 0 Å². The van der Waals surface area contributed by atoms with Gasteiger partial charge in [-0.15, -0.1) is 0 Å². The van der Waals surface area contributed by atoms with Gasteiger partial charge < -0.3 is 14.2 Å². The Hall–Kier alpha value is -0.870. The first kappa shape index (κ1) is 14.5. The van der Waals surface area contributed by atoms with E-state index in [2.05, 4.69) is 0 Å². The second kappa shape index (κ2) is 6.06. The maximum Gasteiger partial charge on any atom is 0.330 e. The molecule has 0 N–H and O–H groups in total. The highest BCUT2D eigenvalue weighted by atomic mass is 16.7. The average Bonchev–Trinajstić information content (AvgIpc) is 2.59. The van der Waals surface area contributed by atoms with Crippen molar-refractivity contribution in [3.05, 3.63) is 12.2 Å². The second-order valence-electron chi connectivity index (χ2n) is 5.88. The molecule has 2 heterocycles. The van der Waals surface area contributed by atoms with Crippen molar-refractivity contribution < 1.29 is 19.0 Å². The number of rotatable bonds is 0. The van der Waals surface area contributed by atoms with Crippen LogP contribution in [0, 0.1) is 0 Å². The summed E-state index contributed by atoms with van der Waals surface area (Å²) in [7, 11) is 0. The van der Waals surface area contributed by atoms with Crippen LogP contribution in [0.15, 0.2) is 12.2 Å². The van der Waals surface area contributed by atoms with E-state index < -0.39 is 5.79 Å². The molecule has 108 valence electrons. The molecule has 0 unspecified atom stereocenters. The predicted molar refractivity (Wildman–Crippen MR) is 71.6 cm³/mol. The first-order valence-corrected chi connectivity index (χ1v) is 7.21. The van der Waals surface area contributed by atoms with E-state index in [4.69, 9.17) is 14.2 Å². The molecule has 0 aromatic rings. The van der Waals surface area contributed by atoms with Crippen LogP contribution in [0.2, 0.25) is 0 Å². The minimum absolute atomic E-state index is 0.00967. The van der Waals surface area contributed by atoms with E-state index in [0.717, 1.165) is 32.1 Å². The van der Waals surface area contributed by atoms with E-state index in [1.807, 2.05) is 20.8 Å². The lowest BCUT2D eigenvalue weighted by molar-refractivity contribution is -0.144. The van der Waals surface area contributed by atoms with Crippen molar-refractivity contribution >= 4 is 5.97 Å². The van der Waals surface area contributed by atoms with E-state index in [-0.39, 0.29) is 24.3 Å². The minimum atomic E-state index is -0.572. The first-order valence-electron chi connectivity index (χ1n) is 7.21. The van der Waals surface area contributed by atoms with Crippen molar-refractivity contribution in [2.45, 2.75) is 77.0 Å². The SMILES string of the molecule is C[C@H]1CCCCC[C@@H]2OC(C)(C)O[C@H]2/C=C/C(=O)O1. The van der Waals surface area contributed by atoms with Crippen molar-refractivity contribution in [3.63, 3.8) is 0 Å². The number of carbonyl (C=O) groups excluding carboxylic acids is 1. The number of cyclic esters (lactones) is 1. The molecule has 0 saturated carbocycles. The highest BCUT2D eigenvalue weighted by Crippen LogP contribution is 2.32. The van der Waals surface area contributed by atoms with Crippen LogP contribution in [0.5, 0.6) is 0 Å². The number of fused-ring (bicyclic) bond motifs is 1. The molecule has 2 aliphatic heterocycles. The quantitative estimate of drug-likeness (QED) is 0.634. The molecule has 0 spiro atoms. The van der Waals surface area contributed by atoms with Gasteiger partial charge in [-0.05, 0) is 46.1 Å². The zero-order chi connectivity index (χ0) is 13.9. The zero-order valence-corrected chi connectivity index (χ0v) is 12.1. The highest BCUT2D eigenvalue weighted by Gasteiger charge is 2.39. The second-order valence-corrected chi connectivity index (χ2v) is 5.88. The van der Waals surface area contributed by atoms with E-state index >= 15 is 0 Å². The van der Waals surface area contributed by atoms with Crippen LogP contribution in [0.3, 0.4) is 0 Å². The highest BCUT2D eigenvalue weighted by molar-refractivity contribution is 5.82. The van der Waals surface area contributed by atoms with Gasteiger partial charge in [0.2, 0.25) is 0 Å². The topological polar surface area (TPSA) is 44.8 Å². The van der Waals surface area contributed by atoms with Gasteiger partial charge >= 0.3 is 5.97 Å². The molecular formula is C15H24O4. The summed E-state index contributed by atoms with van der Waals surface area (Å²) in [6.45, 7) is 5.76. The van der Waals surface area contributed by atoms with Gasteiger partial charge in [-0.1, -0.05) is 12.8 Å². The fourth-order valence-electron chi connectivity index (χ4n) is 2.67. The van der Waals surface area contributed by atoms with Gasteiger partial charge in [0, 0.05) is 6.08 Å². The third-order valence-corrected chi connectivity index (χ3v) is 3.56. The summed E-state index contributed by atoms with van der Waals surface area (Å²) in [5.41, 5.74) is 0. The average molecular weight is 268 g/mol. The Labute approximate surface area is 115 Å². The molecule has 0 aliphatic carbocycles. The van der Waals surface area contributed by atoms with Crippen LogP contribution < -0.4 is 0 Å². The van der Waals surface area contributed by atoms with E-state index in [1.54, 1.807) is 6.08 Å². The summed E-state index contributed by atoms with van der Waals surface area (Å²) in [6, 6.07) is 0. The predicted octanol–water partition coefficient (Wildman–Crippen LogP) is 2.96. The Kier molecular flexibility index (Phi) is 4.63. The zero-order valence-electron chi connectivity index (χ0n) is 12.1. The molecule has 0 amide bonds. The molecular weight excluding hydrogens is 244 g/mol. The molecule has 0 aromatic carbocycles. The smallest absolute Gasteiger partial charge is 0.330 e. The number of carbonyl (C=O) groups is 1. The third-order valence-electron chi connectivity index (χ3n) is 3.56. The number of hydrogen-bond donors (Lipinski definition) is 0. The normalized spacial score (nSPS) is 37.6. The molecule has 4 nitrogen and oxygen atoms in total. The van der Waals surface area contributed by atoms with Crippen molar-refractivity contribution in [2.24, 2.45) is 0 Å². The van der Waals surface area contributed by atoms with Gasteiger partial charge in [0.05, 0.1) is 12.2 Å². The lowest BCUT2D eigenvalue weighted by Crippen LogP contribution is -2.22. The summed E-state index contributed by atoms with van der Waals surface area (Å²) >= 11 is 0. The Morgan fingerprint density at radius 2 is 1.89 bits per heavy atom. The Bertz CT molecular complexity index is 348. The Morgan fingerprint density at radius 3 is 2.68 bits per heavy atom. The lowest BCUT2D eigenvalue weighted by Gasteiger charge is -2.17. The van der Waals surface area contributed by atoms with Crippen molar-refractivity contribution in [2.75, 3.05) is 0 Å². The summed E-state index contributed by atoms with van der Waals surface area (Å²) in [6.07, 6.45) is 8.36. The van der Waals surface area contributed by atoms with Crippen LogP contribution in [0.25, 0.3) is 0 Å². The first-order chi connectivity index (χ1) is 8.96. The molecule has 2 rings (SSSR count). The van der Waals surface area contributed by atoms with Gasteiger partial charge in [0.25, 0.3) is 0 Å². The van der Waals surface area contributed by atoms with Crippen LogP contribution in [-0.4, -0.2) is 30.1 Å². The molecule has 0 radical (unpaired) electrons. The van der Waals surface area contributed by atoms with Crippen molar-refractivity contribution in [1.82, 2.24) is 0 Å². The molecule has 2 aliphatic rings. The number of hydrogen-bond acceptors (Lipinski definition) is 4. The van der Waals surface area contributed by atoms with Crippen LogP contribution in [0.4, 0.5) is 0 Å². The molecule has 0 aromatic heterocycles. The van der Waals surface area contributed by atoms with Crippen molar-refractivity contribution in [1.29, 1.82) is 0 Å². The monoisotopic (exact) mass is 268 g/mol. The van der Waals surface area contributed by atoms with Crippen LogP contribution in [0.1, 0.15) is 52.9 Å². The van der Waals surface area contributed by atoms with Gasteiger partial charge in [0.15, 0.2) is 5.79 Å². The molecule has 1 fully saturated rings. The minimum Gasteiger partial charge on any atom is -0.460 e.